The molecule has 0 fully saturated rings. The van der Waals surface area contributed by atoms with Crippen molar-refractivity contribution in [2.45, 2.75) is 64.9 Å². The maximum atomic E-state index is 12.6. The third kappa shape index (κ3) is 8.44. The maximum Gasteiger partial charge on any atom is 0.339 e. The number of carbonyl (C=O) groups is 2. The van der Waals surface area contributed by atoms with Gasteiger partial charge < -0.3 is 14.2 Å². The molecule has 0 saturated heterocycles. The van der Waals surface area contributed by atoms with E-state index in [1.54, 1.807) is 37.4 Å². The molecule has 2 aromatic rings. The molecule has 5 nitrogen and oxygen atoms in total. The molecule has 0 aromatic heterocycles. The second kappa shape index (κ2) is 14.2. The largest absolute Gasteiger partial charge is 0.496 e. The van der Waals surface area contributed by atoms with Gasteiger partial charge in [-0.05, 0) is 24.6 Å². The van der Waals surface area contributed by atoms with Crippen molar-refractivity contribution < 1.29 is 23.8 Å². The van der Waals surface area contributed by atoms with E-state index in [0.717, 1.165) is 24.8 Å². The van der Waals surface area contributed by atoms with E-state index >= 15 is 0 Å². The molecular weight excluding hydrogens is 392 g/mol. The average molecular weight is 427 g/mol. The summed E-state index contributed by atoms with van der Waals surface area (Å²) >= 11 is 0. The first-order valence-corrected chi connectivity index (χ1v) is 11.2. The summed E-state index contributed by atoms with van der Waals surface area (Å²) in [5, 5.41) is 0. The highest BCUT2D eigenvalue weighted by molar-refractivity contribution is 6.03. The van der Waals surface area contributed by atoms with Crippen LogP contribution >= 0.6 is 0 Å². The van der Waals surface area contributed by atoms with Crippen LogP contribution in [0.1, 0.15) is 84.6 Å². The summed E-state index contributed by atoms with van der Waals surface area (Å²) in [6, 6.07) is 13.9. The Balaban J connectivity index is 1.81. The van der Waals surface area contributed by atoms with E-state index in [1.807, 2.05) is 18.2 Å². The Morgan fingerprint density at radius 3 is 1.90 bits per heavy atom. The van der Waals surface area contributed by atoms with E-state index < -0.39 is 11.9 Å². The standard InChI is InChI=1S/C26H34O5/c1-3-4-5-6-7-8-9-14-19-30-25(27)22-16-11-12-17-23(22)26(28)31-20-21-15-10-13-18-24(21)29-2/h10-13,15-18H,3-9,14,19-20H2,1-2H3. The van der Waals surface area contributed by atoms with Crippen LogP contribution in [0.25, 0.3) is 0 Å². The summed E-state index contributed by atoms with van der Waals surface area (Å²) in [6.45, 7) is 2.63. The molecule has 0 bridgehead atoms. The van der Waals surface area contributed by atoms with Gasteiger partial charge in [-0.2, -0.15) is 0 Å². The van der Waals surface area contributed by atoms with Gasteiger partial charge in [0.05, 0.1) is 24.8 Å². The van der Waals surface area contributed by atoms with Gasteiger partial charge in [-0.1, -0.05) is 82.2 Å². The fourth-order valence-corrected chi connectivity index (χ4v) is 3.36. The van der Waals surface area contributed by atoms with Crippen molar-refractivity contribution in [2.75, 3.05) is 13.7 Å². The van der Waals surface area contributed by atoms with Gasteiger partial charge in [0.1, 0.15) is 12.4 Å². The lowest BCUT2D eigenvalue weighted by Gasteiger charge is -2.11. The number of benzene rings is 2. The van der Waals surface area contributed by atoms with Gasteiger partial charge in [0.25, 0.3) is 0 Å². The van der Waals surface area contributed by atoms with Crippen LogP contribution < -0.4 is 4.74 Å². The minimum absolute atomic E-state index is 0.0600. The zero-order valence-electron chi connectivity index (χ0n) is 18.7. The van der Waals surface area contributed by atoms with E-state index in [4.69, 9.17) is 14.2 Å². The number of carbonyl (C=O) groups excluding carboxylic acids is 2. The second-order valence-corrected chi connectivity index (χ2v) is 7.54. The van der Waals surface area contributed by atoms with Gasteiger partial charge in [-0.3, -0.25) is 0 Å². The van der Waals surface area contributed by atoms with Crippen LogP contribution in [0.4, 0.5) is 0 Å². The molecule has 0 heterocycles. The summed E-state index contributed by atoms with van der Waals surface area (Å²) < 4.78 is 16.1. The molecule has 0 radical (unpaired) electrons. The van der Waals surface area contributed by atoms with Crippen molar-refractivity contribution in [1.82, 2.24) is 0 Å². The Kier molecular flexibility index (Phi) is 11.2. The molecular formula is C26H34O5. The number of ether oxygens (including phenoxy) is 3. The fraction of sp³-hybridized carbons (Fsp3) is 0.462. The van der Waals surface area contributed by atoms with Crippen molar-refractivity contribution in [3.8, 4) is 5.75 Å². The molecule has 2 rings (SSSR count). The van der Waals surface area contributed by atoms with Gasteiger partial charge in [0.15, 0.2) is 0 Å². The molecule has 2 aromatic carbocycles. The van der Waals surface area contributed by atoms with E-state index in [-0.39, 0.29) is 17.7 Å². The monoisotopic (exact) mass is 426 g/mol. The fourth-order valence-electron chi connectivity index (χ4n) is 3.36. The lowest BCUT2D eigenvalue weighted by atomic mass is 10.1. The van der Waals surface area contributed by atoms with E-state index in [0.29, 0.717) is 12.4 Å². The van der Waals surface area contributed by atoms with Gasteiger partial charge in [-0.15, -0.1) is 0 Å². The number of unbranched alkanes of at least 4 members (excludes halogenated alkanes) is 7. The van der Waals surface area contributed by atoms with Crippen molar-refractivity contribution in [1.29, 1.82) is 0 Å². The molecule has 5 heteroatoms. The third-order valence-corrected chi connectivity index (χ3v) is 5.15. The first-order valence-electron chi connectivity index (χ1n) is 11.2. The van der Waals surface area contributed by atoms with E-state index in [2.05, 4.69) is 6.92 Å². The number of rotatable bonds is 14. The first-order chi connectivity index (χ1) is 15.2. The lowest BCUT2D eigenvalue weighted by molar-refractivity contribution is 0.0434. The zero-order valence-corrected chi connectivity index (χ0v) is 18.7. The van der Waals surface area contributed by atoms with Crippen molar-refractivity contribution in [3.63, 3.8) is 0 Å². The topological polar surface area (TPSA) is 61.8 Å². The summed E-state index contributed by atoms with van der Waals surface area (Å²) in [5.41, 5.74) is 1.19. The molecule has 0 atom stereocenters. The SMILES string of the molecule is CCCCCCCCCCOC(=O)c1ccccc1C(=O)OCc1ccccc1OC. The highest BCUT2D eigenvalue weighted by Crippen LogP contribution is 2.20. The quantitative estimate of drug-likeness (QED) is 0.260. The smallest absolute Gasteiger partial charge is 0.339 e. The van der Waals surface area contributed by atoms with Crippen LogP contribution in [0, 0.1) is 0 Å². The third-order valence-electron chi connectivity index (χ3n) is 5.15. The number of hydrogen-bond acceptors (Lipinski definition) is 5. The molecule has 31 heavy (non-hydrogen) atoms. The summed E-state index contributed by atoms with van der Waals surface area (Å²) in [5.74, 6) is -0.410. The summed E-state index contributed by atoms with van der Waals surface area (Å²) in [4.78, 5) is 25.1. The highest BCUT2D eigenvalue weighted by Gasteiger charge is 2.19. The Labute approximate surface area is 185 Å². The van der Waals surface area contributed by atoms with Crippen molar-refractivity contribution in [3.05, 3.63) is 65.2 Å². The van der Waals surface area contributed by atoms with Crippen LogP contribution in [0.3, 0.4) is 0 Å². The Morgan fingerprint density at radius 2 is 1.26 bits per heavy atom. The molecule has 0 aliphatic heterocycles. The van der Waals surface area contributed by atoms with Gasteiger partial charge in [-0.25, -0.2) is 9.59 Å². The highest BCUT2D eigenvalue weighted by atomic mass is 16.5. The Morgan fingerprint density at radius 1 is 0.710 bits per heavy atom. The molecule has 0 unspecified atom stereocenters. The van der Waals surface area contributed by atoms with E-state index in [1.165, 1.54) is 32.1 Å². The molecule has 0 aliphatic carbocycles. The van der Waals surface area contributed by atoms with Crippen molar-refractivity contribution >= 4 is 11.9 Å². The number of esters is 2. The molecule has 168 valence electrons. The minimum Gasteiger partial charge on any atom is -0.496 e. The zero-order chi connectivity index (χ0) is 22.3. The lowest BCUT2D eigenvalue weighted by Crippen LogP contribution is -2.14. The van der Waals surface area contributed by atoms with Crippen LogP contribution in [0.5, 0.6) is 5.75 Å². The van der Waals surface area contributed by atoms with Gasteiger partial charge >= 0.3 is 11.9 Å². The number of para-hydroxylation sites is 1. The van der Waals surface area contributed by atoms with Crippen LogP contribution in [-0.2, 0) is 16.1 Å². The number of hydrogen-bond donors (Lipinski definition) is 0. The van der Waals surface area contributed by atoms with Crippen LogP contribution in [0.15, 0.2) is 48.5 Å². The van der Waals surface area contributed by atoms with E-state index in [9.17, 15) is 9.59 Å². The minimum atomic E-state index is -0.564. The normalized spacial score (nSPS) is 10.5. The number of methoxy groups -OCH3 is 1. The average Bonchev–Trinajstić information content (AvgIpc) is 2.81. The van der Waals surface area contributed by atoms with Gasteiger partial charge in [0.2, 0.25) is 0 Å². The Bertz CT molecular complexity index is 815. The van der Waals surface area contributed by atoms with Crippen LogP contribution in [0.2, 0.25) is 0 Å². The van der Waals surface area contributed by atoms with Crippen LogP contribution in [-0.4, -0.2) is 25.7 Å². The predicted octanol–water partition coefficient (Wildman–Crippen LogP) is 6.35. The van der Waals surface area contributed by atoms with Crippen molar-refractivity contribution in [2.24, 2.45) is 0 Å². The molecule has 0 spiro atoms. The summed E-state index contributed by atoms with van der Waals surface area (Å²) in [6.07, 6.45) is 9.40. The maximum absolute atomic E-state index is 12.6. The molecule has 0 saturated carbocycles. The Hall–Kier alpha value is -2.82. The summed E-state index contributed by atoms with van der Waals surface area (Å²) in [7, 11) is 1.57. The predicted molar refractivity (Wildman–Crippen MR) is 121 cm³/mol. The molecule has 0 N–H and O–H groups in total. The molecule has 0 amide bonds. The van der Waals surface area contributed by atoms with Gasteiger partial charge in [0, 0.05) is 5.56 Å². The molecule has 0 aliphatic rings. The first kappa shape index (κ1) is 24.4. The second-order valence-electron chi connectivity index (χ2n) is 7.54.